The van der Waals surface area contributed by atoms with Crippen molar-refractivity contribution in [1.82, 2.24) is 4.72 Å². The van der Waals surface area contributed by atoms with Crippen molar-refractivity contribution in [3.8, 4) is 0 Å². The van der Waals surface area contributed by atoms with Crippen molar-refractivity contribution in [1.29, 1.82) is 0 Å². The van der Waals surface area contributed by atoms with Crippen LogP contribution in [0.25, 0.3) is 0 Å². The Balaban J connectivity index is 2.18. The third-order valence-electron chi connectivity index (χ3n) is 3.72. The molecule has 1 aliphatic carbocycles. The minimum Gasteiger partial charge on any atom is -0.392 e. The molecule has 106 valence electrons. The van der Waals surface area contributed by atoms with Crippen LogP contribution in [0.15, 0.2) is 23.1 Å². The van der Waals surface area contributed by atoms with Crippen molar-refractivity contribution in [3.63, 3.8) is 0 Å². The molecule has 0 bridgehead atoms. The van der Waals surface area contributed by atoms with E-state index in [-0.39, 0.29) is 12.0 Å². The molecule has 4 nitrogen and oxygen atoms in total. The number of sulfonamides is 1. The molecule has 0 amide bonds. The van der Waals surface area contributed by atoms with E-state index in [0.717, 1.165) is 25.3 Å². The van der Waals surface area contributed by atoms with E-state index in [1.54, 1.807) is 0 Å². The van der Waals surface area contributed by atoms with Gasteiger partial charge in [0, 0.05) is 6.54 Å². The second-order valence-corrected chi connectivity index (χ2v) is 7.15. The van der Waals surface area contributed by atoms with Crippen molar-refractivity contribution in [3.05, 3.63) is 29.6 Å². The molecular formula is C13H18FNO3S. The topological polar surface area (TPSA) is 66.4 Å². The summed E-state index contributed by atoms with van der Waals surface area (Å²) >= 11 is 0. The third kappa shape index (κ3) is 3.13. The first-order valence-corrected chi connectivity index (χ1v) is 7.74. The van der Waals surface area contributed by atoms with Crippen molar-refractivity contribution in [2.24, 2.45) is 5.41 Å². The van der Waals surface area contributed by atoms with Gasteiger partial charge in [-0.25, -0.2) is 17.5 Å². The van der Waals surface area contributed by atoms with Crippen LogP contribution in [0.5, 0.6) is 0 Å². The molecule has 0 spiro atoms. The van der Waals surface area contributed by atoms with E-state index in [9.17, 15) is 12.8 Å². The van der Waals surface area contributed by atoms with Gasteiger partial charge in [0.1, 0.15) is 10.7 Å². The van der Waals surface area contributed by atoms with E-state index in [4.69, 9.17) is 5.11 Å². The lowest BCUT2D eigenvalue weighted by Crippen LogP contribution is -2.40. The number of aliphatic hydroxyl groups is 1. The highest BCUT2D eigenvalue weighted by Crippen LogP contribution is 2.39. The van der Waals surface area contributed by atoms with Crippen LogP contribution in [0, 0.1) is 11.2 Å². The van der Waals surface area contributed by atoms with Gasteiger partial charge in [-0.15, -0.1) is 0 Å². The van der Waals surface area contributed by atoms with Gasteiger partial charge < -0.3 is 5.11 Å². The van der Waals surface area contributed by atoms with Crippen LogP contribution in [0.2, 0.25) is 0 Å². The van der Waals surface area contributed by atoms with Gasteiger partial charge in [0.2, 0.25) is 10.0 Å². The Kier molecular flexibility index (Phi) is 3.94. The molecule has 2 N–H and O–H groups in total. The van der Waals surface area contributed by atoms with Gasteiger partial charge in [0.05, 0.1) is 6.61 Å². The van der Waals surface area contributed by atoms with Crippen molar-refractivity contribution in [2.45, 2.75) is 37.7 Å². The molecule has 0 atom stereocenters. The average molecular weight is 287 g/mol. The number of halogens is 1. The van der Waals surface area contributed by atoms with E-state index >= 15 is 0 Å². The molecule has 2 rings (SSSR count). The minimum atomic E-state index is -3.87. The molecule has 6 heteroatoms. The van der Waals surface area contributed by atoms with E-state index in [2.05, 4.69) is 4.72 Å². The molecule has 0 heterocycles. The van der Waals surface area contributed by atoms with Crippen molar-refractivity contribution in [2.75, 3.05) is 6.54 Å². The lowest BCUT2D eigenvalue weighted by molar-refractivity contribution is 0.166. The van der Waals surface area contributed by atoms with Crippen LogP contribution in [0.1, 0.15) is 31.7 Å². The van der Waals surface area contributed by atoms with Crippen LogP contribution in [0.4, 0.5) is 4.39 Å². The Morgan fingerprint density at radius 3 is 2.63 bits per heavy atom. The monoisotopic (exact) mass is 287 g/mol. The standard InChI is InChI=1S/C13H18FNO3S/c1-13(5-2-6-13)9-15-19(17,18)12-7-10(8-16)3-4-11(12)14/h3-4,7,15-16H,2,5-6,8-9H2,1H3. The first-order chi connectivity index (χ1) is 8.86. The fourth-order valence-corrected chi connectivity index (χ4v) is 3.48. The number of nitrogens with one attached hydrogen (secondary N) is 1. The maximum Gasteiger partial charge on any atom is 0.243 e. The molecule has 1 saturated carbocycles. The minimum absolute atomic E-state index is 0.0157. The summed E-state index contributed by atoms with van der Waals surface area (Å²) in [7, 11) is -3.87. The van der Waals surface area contributed by atoms with Gasteiger partial charge in [0.25, 0.3) is 0 Å². The predicted molar refractivity (Wildman–Crippen MR) is 69.5 cm³/mol. The second kappa shape index (κ2) is 5.19. The SMILES string of the molecule is CC1(CNS(=O)(=O)c2cc(CO)ccc2F)CCC1. The largest absolute Gasteiger partial charge is 0.392 e. The molecule has 0 aliphatic heterocycles. The summed E-state index contributed by atoms with van der Waals surface area (Å²) in [6, 6.07) is 3.59. The third-order valence-corrected chi connectivity index (χ3v) is 5.13. The first kappa shape index (κ1) is 14.4. The van der Waals surface area contributed by atoms with Crippen molar-refractivity contribution >= 4 is 10.0 Å². The molecule has 1 aliphatic rings. The van der Waals surface area contributed by atoms with E-state index < -0.39 is 20.7 Å². The number of hydrogen-bond donors (Lipinski definition) is 2. The second-order valence-electron chi connectivity index (χ2n) is 5.41. The lowest BCUT2D eigenvalue weighted by Gasteiger charge is -2.38. The number of aliphatic hydroxyl groups excluding tert-OH is 1. The Morgan fingerprint density at radius 1 is 1.42 bits per heavy atom. The van der Waals surface area contributed by atoms with Crippen LogP contribution >= 0.6 is 0 Å². The van der Waals surface area contributed by atoms with Gasteiger partial charge in [0.15, 0.2) is 0 Å². The molecular weight excluding hydrogens is 269 g/mol. The summed E-state index contributed by atoms with van der Waals surface area (Å²) in [4.78, 5) is -0.401. The Morgan fingerprint density at radius 2 is 2.11 bits per heavy atom. The zero-order valence-electron chi connectivity index (χ0n) is 10.8. The van der Waals surface area contributed by atoms with Gasteiger partial charge in [-0.1, -0.05) is 19.4 Å². The predicted octanol–water partition coefficient (Wildman–Crippen LogP) is 1.79. The molecule has 19 heavy (non-hydrogen) atoms. The Labute approximate surface area is 112 Å². The van der Waals surface area contributed by atoms with Gasteiger partial charge in [-0.2, -0.15) is 0 Å². The molecule has 0 saturated heterocycles. The summed E-state index contributed by atoms with van der Waals surface area (Å²) in [5, 5.41) is 8.99. The molecule has 0 aromatic heterocycles. The van der Waals surface area contributed by atoms with Gasteiger partial charge >= 0.3 is 0 Å². The zero-order chi connectivity index (χ0) is 14.1. The fraction of sp³-hybridized carbons (Fsp3) is 0.538. The van der Waals surface area contributed by atoms with E-state index in [1.165, 1.54) is 12.1 Å². The van der Waals surface area contributed by atoms with Gasteiger partial charge in [-0.3, -0.25) is 0 Å². The summed E-state index contributed by atoms with van der Waals surface area (Å²) < 4.78 is 40.2. The van der Waals surface area contributed by atoms with E-state index in [1.807, 2.05) is 6.92 Å². The van der Waals surface area contributed by atoms with E-state index in [0.29, 0.717) is 12.1 Å². The molecule has 1 fully saturated rings. The summed E-state index contributed by atoms with van der Waals surface area (Å²) in [5.41, 5.74) is 0.356. The van der Waals surface area contributed by atoms with Gasteiger partial charge in [-0.05, 0) is 36.0 Å². The maximum absolute atomic E-state index is 13.6. The maximum atomic E-state index is 13.6. The Bertz CT molecular complexity index is 567. The smallest absolute Gasteiger partial charge is 0.243 e. The summed E-state index contributed by atoms with van der Waals surface area (Å²) in [5.74, 6) is -0.802. The number of benzene rings is 1. The lowest BCUT2D eigenvalue weighted by atomic mass is 9.71. The number of hydrogen-bond acceptors (Lipinski definition) is 3. The zero-order valence-corrected chi connectivity index (χ0v) is 11.6. The van der Waals surface area contributed by atoms with Crippen LogP contribution in [-0.4, -0.2) is 20.1 Å². The Hall–Kier alpha value is -0.980. The van der Waals surface area contributed by atoms with Crippen LogP contribution in [0.3, 0.4) is 0 Å². The average Bonchev–Trinajstić information content (AvgIpc) is 2.34. The first-order valence-electron chi connectivity index (χ1n) is 6.25. The molecule has 1 aromatic rings. The highest BCUT2D eigenvalue weighted by Gasteiger charge is 2.33. The highest BCUT2D eigenvalue weighted by molar-refractivity contribution is 7.89. The molecule has 0 radical (unpaired) electrons. The molecule has 0 unspecified atom stereocenters. The molecule has 1 aromatic carbocycles. The number of rotatable bonds is 5. The van der Waals surface area contributed by atoms with Crippen molar-refractivity contribution < 1.29 is 17.9 Å². The van der Waals surface area contributed by atoms with Crippen LogP contribution in [-0.2, 0) is 16.6 Å². The summed E-state index contributed by atoms with van der Waals surface area (Å²) in [6.07, 6.45) is 3.07. The highest BCUT2D eigenvalue weighted by atomic mass is 32.2. The normalized spacial score (nSPS) is 18.1. The fourth-order valence-electron chi connectivity index (χ4n) is 2.16. The van der Waals surface area contributed by atoms with Crippen LogP contribution < -0.4 is 4.72 Å². The quantitative estimate of drug-likeness (QED) is 0.867. The summed E-state index contributed by atoms with van der Waals surface area (Å²) in [6.45, 7) is 2.01.